The van der Waals surface area contributed by atoms with Crippen LogP contribution in [0.5, 0.6) is 5.75 Å². The lowest BCUT2D eigenvalue weighted by Crippen LogP contribution is -2.66. The van der Waals surface area contributed by atoms with Crippen molar-refractivity contribution >= 4 is 0 Å². The van der Waals surface area contributed by atoms with Crippen LogP contribution in [0, 0.1) is 0 Å². The van der Waals surface area contributed by atoms with Crippen molar-refractivity contribution in [1.29, 1.82) is 0 Å². The summed E-state index contributed by atoms with van der Waals surface area (Å²) in [6.07, 6.45) is -11.6. The van der Waals surface area contributed by atoms with E-state index in [9.17, 15) is 48.3 Å². The molecule has 162 valence electrons. The van der Waals surface area contributed by atoms with Gasteiger partial charge < -0.3 is 9.47 Å². The van der Waals surface area contributed by atoms with Crippen molar-refractivity contribution < 1.29 is 57.8 Å². The summed E-state index contributed by atoms with van der Waals surface area (Å²) >= 11 is 0. The van der Waals surface area contributed by atoms with Crippen LogP contribution in [-0.2, 0) is 4.74 Å². The van der Waals surface area contributed by atoms with Crippen LogP contribution in [0.1, 0.15) is 18.1 Å². The number of alkyl halides is 11. The van der Waals surface area contributed by atoms with Crippen molar-refractivity contribution in [1.82, 2.24) is 0 Å². The molecule has 0 aliphatic carbocycles. The molecular formula is C15H13F11O2. The van der Waals surface area contributed by atoms with E-state index in [1.807, 2.05) is 0 Å². The first-order valence-electron chi connectivity index (χ1n) is 7.21. The van der Waals surface area contributed by atoms with Crippen LogP contribution in [-0.4, -0.2) is 44.1 Å². The lowest BCUT2D eigenvalue weighted by molar-refractivity contribution is -0.423. The predicted molar refractivity (Wildman–Crippen MR) is 73.2 cm³/mol. The lowest BCUT2D eigenvalue weighted by atomic mass is 9.92. The second-order valence-corrected chi connectivity index (χ2v) is 5.63. The molecule has 0 radical (unpaired) electrons. The van der Waals surface area contributed by atoms with E-state index in [0.29, 0.717) is 0 Å². The van der Waals surface area contributed by atoms with E-state index in [4.69, 9.17) is 4.74 Å². The van der Waals surface area contributed by atoms with Gasteiger partial charge in [-0.2, -0.15) is 48.3 Å². The molecule has 0 saturated carbocycles. The number of halogens is 11. The Bertz CT molecular complexity index is 670. The average molecular weight is 434 g/mol. The molecule has 0 amide bonds. The zero-order valence-electron chi connectivity index (χ0n) is 14.1. The molecule has 0 spiro atoms. The van der Waals surface area contributed by atoms with Gasteiger partial charge >= 0.3 is 29.9 Å². The third kappa shape index (κ3) is 3.98. The number of benzene rings is 1. The van der Waals surface area contributed by atoms with Crippen molar-refractivity contribution in [2.24, 2.45) is 0 Å². The Morgan fingerprint density at radius 3 is 1.75 bits per heavy atom. The minimum absolute atomic E-state index is 0.0311. The molecule has 28 heavy (non-hydrogen) atoms. The Kier molecular flexibility index (Phi) is 6.55. The van der Waals surface area contributed by atoms with Crippen LogP contribution in [0.3, 0.4) is 0 Å². The van der Waals surface area contributed by atoms with Gasteiger partial charge in [0.05, 0.1) is 13.2 Å². The number of hydrogen-bond donors (Lipinski definition) is 0. The quantitative estimate of drug-likeness (QED) is 0.476. The molecule has 13 heteroatoms. The third-order valence-corrected chi connectivity index (χ3v) is 3.80. The summed E-state index contributed by atoms with van der Waals surface area (Å²) in [6, 6.07) is 4.56. The fourth-order valence-electron chi connectivity index (χ4n) is 2.14. The van der Waals surface area contributed by atoms with Gasteiger partial charge in [-0.25, -0.2) is 0 Å². The van der Waals surface area contributed by atoms with Crippen molar-refractivity contribution in [2.75, 3.05) is 14.2 Å². The number of rotatable bonds is 8. The second-order valence-electron chi connectivity index (χ2n) is 5.63. The molecule has 1 aromatic carbocycles. The highest BCUT2D eigenvalue weighted by atomic mass is 19.4. The van der Waals surface area contributed by atoms with Gasteiger partial charge in [-0.15, -0.1) is 0 Å². The maximum atomic E-state index is 13.9. The molecule has 0 aromatic heterocycles. The molecule has 1 aromatic rings. The molecule has 0 heterocycles. The molecular weight excluding hydrogens is 421 g/mol. The van der Waals surface area contributed by atoms with Crippen LogP contribution in [0.4, 0.5) is 48.3 Å². The van der Waals surface area contributed by atoms with Crippen LogP contribution in [0.15, 0.2) is 24.3 Å². The van der Waals surface area contributed by atoms with E-state index in [1.165, 1.54) is 12.1 Å². The van der Waals surface area contributed by atoms with Gasteiger partial charge in [-0.05, 0) is 17.7 Å². The number of hydrogen-bond acceptors (Lipinski definition) is 2. The largest absolute Gasteiger partial charge is 0.497 e. The smallest absolute Gasteiger partial charge is 0.460 e. The molecule has 0 bridgehead atoms. The maximum absolute atomic E-state index is 13.9. The minimum Gasteiger partial charge on any atom is -0.497 e. The zero-order valence-corrected chi connectivity index (χ0v) is 14.1. The van der Waals surface area contributed by atoms with E-state index in [2.05, 4.69) is 4.74 Å². The fourth-order valence-corrected chi connectivity index (χ4v) is 2.14. The predicted octanol–water partition coefficient (Wildman–Crippen LogP) is 5.88. The summed E-state index contributed by atoms with van der Waals surface area (Å²) in [5.41, 5.74) is -0.289. The van der Waals surface area contributed by atoms with E-state index >= 15 is 0 Å². The topological polar surface area (TPSA) is 18.5 Å². The molecule has 0 saturated heterocycles. The Balaban J connectivity index is 3.30. The van der Waals surface area contributed by atoms with Crippen molar-refractivity contribution in [2.45, 2.75) is 42.4 Å². The van der Waals surface area contributed by atoms with E-state index in [-0.39, 0.29) is 11.3 Å². The maximum Gasteiger partial charge on any atom is 0.460 e. The Hall–Kier alpha value is -1.79. The van der Waals surface area contributed by atoms with Gasteiger partial charge in [0.15, 0.2) is 0 Å². The monoisotopic (exact) mass is 434 g/mol. The van der Waals surface area contributed by atoms with Crippen molar-refractivity contribution in [3.63, 3.8) is 0 Å². The summed E-state index contributed by atoms with van der Waals surface area (Å²) in [5.74, 6) is -27.9. The first-order valence-corrected chi connectivity index (χ1v) is 7.21. The van der Waals surface area contributed by atoms with E-state index in [1.54, 1.807) is 0 Å². The first kappa shape index (κ1) is 24.2. The van der Waals surface area contributed by atoms with Crippen molar-refractivity contribution in [3.8, 4) is 5.75 Å². The standard InChI is InChI=1S/C15H13F11O2/c1-27-9-5-3-4-8(6-9)10(28-2)7-11(16,17)12(18,19)13(20,21)14(22,23)15(24,25)26/h3-6,10H,7H2,1-2H3. The summed E-state index contributed by atoms with van der Waals surface area (Å²) < 4.78 is 153. The SMILES string of the molecule is COc1cccc(C(CC(F)(F)C(F)(F)C(F)(F)C(F)(F)C(F)(F)F)OC)c1. The Labute approximate surface area is 151 Å². The van der Waals surface area contributed by atoms with Crippen LogP contribution in [0.25, 0.3) is 0 Å². The molecule has 0 N–H and O–H groups in total. The molecule has 1 atom stereocenters. The lowest BCUT2D eigenvalue weighted by Gasteiger charge is -2.38. The Morgan fingerprint density at radius 2 is 1.32 bits per heavy atom. The van der Waals surface area contributed by atoms with Gasteiger partial charge in [0.25, 0.3) is 0 Å². The average Bonchev–Trinajstić information content (AvgIpc) is 2.58. The van der Waals surface area contributed by atoms with Gasteiger partial charge in [-0.3, -0.25) is 0 Å². The highest BCUT2D eigenvalue weighted by molar-refractivity contribution is 5.30. The molecule has 1 rings (SSSR count). The molecule has 1 unspecified atom stereocenters. The summed E-state index contributed by atoms with van der Waals surface area (Å²) in [7, 11) is 1.88. The summed E-state index contributed by atoms with van der Waals surface area (Å²) in [6.45, 7) is 0. The Morgan fingerprint density at radius 1 is 0.786 bits per heavy atom. The van der Waals surface area contributed by atoms with Crippen LogP contribution >= 0.6 is 0 Å². The van der Waals surface area contributed by atoms with Gasteiger partial charge in [-0.1, -0.05) is 12.1 Å². The van der Waals surface area contributed by atoms with Crippen LogP contribution < -0.4 is 4.74 Å². The van der Waals surface area contributed by atoms with Gasteiger partial charge in [0.1, 0.15) is 5.75 Å². The fraction of sp³-hybridized carbons (Fsp3) is 0.600. The van der Waals surface area contributed by atoms with Gasteiger partial charge in [0.2, 0.25) is 0 Å². The van der Waals surface area contributed by atoms with E-state index < -0.39 is 42.4 Å². The number of ether oxygens (including phenoxy) is 2. The second kappa shape index (κ2) is 7.56. The zero-order chi connectivity index (χ0) is 22.2. The number of methoxy groups -OCH3 is 2. The van der Waals surface area contributed by atoms with E-state index in [0.717, 1.165) is 26.4 Å². The third-order valence-electron chi connectivity index (χ3n) is 3.80. The summed E-state index contributed by atoms with van der Waals surface area (Å²) in [4.78, 5) is 0. The molecule has 0 aliphatic heterocycles. The molecule has 0 aliphatic rings. The first-order chi connectivity index (χ1) is 12.5. The molecule has 2 nitrogen and oxygen atoms in total. The van der Waals surface area contributed by atoms with Gasteiger partial charge in [0, 0.05) is 13.5 Å². The highest BCUT2D eigenvalue weighted by Crippen LogP contribution is 2.58. The van der Waals surface area contributed by atoms with Crippen LogP contribution in [0.2, 0.25) is 0 Å². The molecule has 0 fully saturated rings. The van der Waals surface area contributed by atoms with Crippen molar-refractivity contribution in [3.05, 3.63) is 29.8 Å². The summed E-state index contributed by atoms with van der Waals surface area (Å²) in [5, 5.41) is 0. The highest BCUT2D eigenvalue weighted by Gasteiger charge is 2.87. The normalized spacial score (nSPS) is 15.5. The minimum atomic E-state index is -7.44.